The van der Waals surface area contributed by atoms with Crippen molar-refractivity contribution < 1.29 is 13.8 Å². The number of benzene rings is 2. The lowest BCUT2D eigenvalue weighted by atomic mass is 10.0. The molecule has 1 saturated carbocycles. The smallest absolute Gasteiger partial charge is 0.371 e. The second kappa shape index (κ2) is 9.18. The lowest BCUT2D eigenvalue weighted by Crippen LogP contribution is -2.23. The average molecular weight is 513 g/mol. The Bertz CT molecular complexity index is 1400. The minimum atomic E-state index is -0.572. The molecule has 1 aliphatic heterocycles. The molecule has 0 spiro atoms. The highest BCUT2D eigenvalue weighted by atomic mass is 35.5. The van der Waals surface area contributed by atoms with Crippen LogP contribution in [0.15, 0.2) is 56.3 Å². The Morgan fingerprint density at radius 1 is 1.06 bits per heavy atom. The summed E-state index contributed by atoms with van der Waals surface area (Å²) in [4.78, 5) is 16.1. The zero-order chi connectivity index (χ0) is 23.9. The van der Waals surface area contributed by atoms with E-state index in [1.54, 1.807) is 12.1 Å². The van der Waals surface area contributed by atoms with Gasteiger partial charge in [0.2, 0.25) is 0 Å². The lowest BCUT2D eigenvalue weighted by molar-refractivity contribution is 0.0547. The summed E-state index contributed by atoms with van der Waals surface area (Å²) in [6.45, 7) is 1.97. The number of rotatable bonds is 7. The standard InChI is InChI=1S/C25H22Cl2N4O4/c26-19-5-2-6-20(27)21(19)22-18(23(34-29-22)14-7-8-14)13-33-17-9-10-31(12-17)16-4-1-3-15(11-16)24-28-25(32)35-30-24/h1-6,11,14,17H,7-10,12-13H2,(H,28,30,32). The molecular weight excluding hydrogens is 491 g/mol. The van der Waals surface area contributed by atoms with E-state index in [1.165, 1.54) is 0 Å². The molecule has 2 fully saturated rings. The minimum absolute atomic E-state index is 0.0435. The van der Waals surface area contributed by atoms with E-state index < -0.39 is 5.76 Å². The van der Waals surface area contributed by atoms with Crippen LogP contribution in [0.1, 0.15) is 36.5 Å². The predicted octanol–water partition coefficient (Wildman–Crippen LogP) is 5.66. The molecule has 4 aromatic rings. The number of H-pyrrole nitrogens is 1. The molecule has 0 bridgehead atoms. The predicted molar refractivity (Wildman–Crippen MR) is 132 cm³/mol. The number of nitrogens with zero attached hydrogens (tertiary/aromatic N) is 3. The molecule has 2 aliphatic rings. The molecule has 1 atom stereocenters. The Morgan fingerprint density at radius 3 is 2.60 bits per heavy atom. The summed E-state index contributed by atoms with van der Waals surface area (Å²) in [5, 5.41) is 9.20. The van der Waals surface area contributed by atoms with Crippen LogP contribution >= 0.6 is 23.2 Å². The SMILES string of the molecule is O=c1[nH]c(-c2cccc(N3CCC(OCc4c(-c5c(Cl)cccc5Cl)noc4C4CC4)C3)c2)no1. The number of nitrogens with one attached hydrogen (secondary N) is 1. The summed E-state index contributed by atoms with van der Waals surface area (Å²) in [6.07, 6.45) is 3.10. The molecule has 6 rings (SSSR count). The fourth-order valence-electron chi connectivity index (χ4n) is 4.55. The van der Waals surface area contributed by atoms with Crippen molar-refractivity contribution in [2.45, 2.75) is 37.9 Å². The first-order valence-electron chi connectivity index (χ1n) is 11.5. The van der Waals surface area contributed by atoms with Gasteiger partial charge in [0, 0.05) is 41.4 Å². The molecule has 1 unspecified atom stereocenters. The van der Waals surface area contributed by atoms with Crippen LogP contribution in [-0.2, 0) is 11.3 Å². The van der Waals surface area contributed by atoms with Gasteiger partial charge in [-0.3, -0.25) is 9.51 Å². The van der Waals surface area contributed by atoms with E-state index in [-0.39, 0.29) is 6.10 Å². The van der Waals surface area contributed by atoms with Crippen molar-refractivity contribution in [1.29, 1.82) is 0 Å². The molecule has 2 aromatic carbocycles. The lowest BCUT2D eigenvalue weighted by Gasteiger charge is -2.19. The average Bonchev–Trinajstić information content (AvgIpc) is 3.23. The normalized spacial score (nSPS) is 17.9. The zero-order valence-electron chi connectivity index (χ0n) is 18.7. The van der Waals surface area contributed by atoms with Gasteiger partial charge in [-0.15, -0.1) is 0 Å². The molecule has 35 heavy (non-hydrogen) atoms. The van der Waals surface area contributed by atoms with Gasteiger partial charge in [0.1, 0.15) is 11.5 Å². The highest BCUT2D eigenvalue weighted by Gasteiger charge is 2.34. The van der Waals surface area contributed by atoms with Crippen LogP contribution in [0.25, 0.3) is 22.6 Å². The Balaban J connectivity index is 1.18. The summed E-state index contributed by atoms with van der Waals surface area (Å²) < 4.78 is 16.8. The van der Waals surface area contributed by atoms with Crippen molar-refractivity contribution in [2.75, 3.05) is 18.0 Å². The minimum Gasteiger partial charge on any atom is -0.371 e. The molecule has 2 aromatic heterocycles. The molecule has 8 nitrogen and oxygen atoms in total. The molecule has 180 valence electrons. The van der Waals surface area contributed by atoms with Gasteiger partial charge in [-0.25, -0.2) is 4.79 Å². The summed E-state index contributed by atoms with van der Waals surface area (Å²) in [5.74, 6) is 1.09. The molecule has 1 N–H and O–H groups in total. The van der Waals surface area contributed by atoms with Crippen LogP contribution < -0.4 is 10.7 Å². The van der Waals surface area contributed by atoms with Crippen LogP contribution in [0.4, 0.5) is 5.69 Å². The van der Waals surface area contributed by atoms with Gasteiger partial charge in [-0.05, 0) is 43.5 Å². The van der Waals surface area contributed by atoms with E-state index in [4.69, 9.17) is 32.5 Å². The van der Waals surface area contributed by atoms with Crippen molar-refractivity contribution in [3.05, 3.63) is 74.4 Å². The third kappa shape index (κ3) is 4.49. The summed E-state index contributed by atoms with van der Waals surface area (Å²) in [6, 6.07) is 13.3. The van der Waals surface area contributed by atoms with Gasteiger partial charge >= 0.3 is 5.76 Å². The fraction of sp³-hybridized carbons (Fsp3) is 0.320. The number of aromatic nitrogens is 3. The van der Waals surface area contributed by atoms with E-state index in [1.807, 2.05) is 30.3 Å². The molecular formula is C25H22Cl2N4O4. The monoisotopic (exact) mass is 512 g/mol. The number of anilines is 1. The largest absolute Gasteiger partial charge is 0.439 e. The number of hydrogen-bond donors (Lipinski definition) is 1. The first-order chi connectivity index (χ1) is 17.1. The Hall–Kier alpha value is -3.07. The topological polar surface area (TPSA) is 97.4 Å². The maximum Gasteiger partial charge on any atom is 0.439 e. The van der Waals surface area contributed by atoms with Gasteiger partial charge in [0.05, 0.1) is 22.8 Å². The number of aromatic amines is 1. The summed E-state index contributed by atoms with van der Waals surface area (Å²) in [7, 11) is 0. The van der Waals surface area contributed by atoms with Gasteiger partial charge in [-0.2, -0.15) is 0 Å². The second-order valence-corrected chi connectivity index (χ2v) is 9.72. The van der Waals surface area contributed by atoms with Crippen molar-refractivity contribution in [3.63, 3.8) is 0 Å². The van der Waals surface area contributed by atoms with E-state index in [2.05, 4.69) is 24.7 Å². The van der Waals surface area contributed by atoms with Crippen LogP contribution in [0.5, 0.6) is 0 Å². The van der Waals surface area contributed by atoms with Crippen molar-refractivity contribution in [2.24, 2.45) is 0 Å². The molecule has 0 amide bonds. The Labute approximate surface area is 210 Å². The molecule has 1 aliphatic carbocycles. The fourth-order valence-corrected chi connectivity index (χ4v) is 5.13. The van der Waals surface area contributed by atoms with E-state index in [9.17, 15) is 4.79 Å². The summed E-state index contributed by atoms with van der Waals surface area (Å²) in [5.41, 5.74) is 4.09. The number of halogens is 2. The van der Waals surface area contributed by atoms with Gasteiger partial charge in [0.15, 0.2) is 5.82 Å². The number of ether oxygens (including phenoxy) is 1. The highest BCUT2D eigenvalue weighted by Crippen LogP contribution is 2.46. The maximum absolute atomic E-state index is 11.3. The first kappa shape index (κ1) is 22.4. The second-order valence-electron chi connectivity index (χ2n) is 8.91. The van der Waals surface area contributed by atoms with Crippen molar-refractivity contribution >= 4 is 28.9 Å². The van der Waals surface area contributed by atoms with Crippen LogP contribution in [-0.4, -0.2) is 34.5 Å². The van der Waals surface area contributed by atoms with Crippen molar-refractivity contribution in [1.82, 2.24) is 15.3 Å². The van der Waals surface area contributed by atoms with Crippen LogP contribution in [0.3, 0.4) is 0 Å². The third-order valence-electron chi connectivity index (χ3n) is 6.50. The van der Waals surface area contributed by atoms with E-state index in [0.717, 1.165) is 54.9 Å². The number of hydrogen-bond acceptors (Lipinski definition) is 7. The third-order valence-corrected chi connectivity index (χ3v) is 7.13. The van der Waals surface area contributed by atoms with Gasteiger partial charge in [-0.1, -0.05) is 51.7 Å². The molecule has 3 heterocycles. The van der Waals surface area contributed by atoms with Crippen LogP contribution in [0.2, 0.25) is 10.0 Å². The summed E-state index contributed by atoms with van der Waals surface area (Å²) >= 11 is 12.9. The van der Waals surface area contributed by atoms with Gasteiger partial charge < -0.3 is 14.2 Å². The Kier molecular flexibility index (Phi) is 5.88. The van der Waals surface area contributed by atoms with Gasteiger partial charge in [0.25, 0.3) is 0 Å². The van der Waals surface area contributed by atoms with E-state index in [0.29, 0.717) is 39.7 Å². The highest BCUT2D eigenvalue weighted by molar-refractivity contribution is 6.39. The maximum atomic E-state index is 11.3. The molecule has 1 saturated heterocycles. The van der Waals surface area contributed by atoms with E-state index >= 15 is 0 Å². The Morgan fingerprint density at radius 2 is 1.86 bits per heavy atom. The van der Waals surface area contributed by atoms with Crippen LogP contribution in [0, 0.1) is 0 Å². The first-order valence-corrected chi connectivity index (χ1v) is 12.3. The molecule has 0 radical (unpaired) electrons. The quantitative estimate of drug-likeness (QED) is 0.340. The molecule has 10 heteroatoms. The zero-order valence-corrected chi connectivity index (χ0v) is 20.2. The van der Waals surface area contributed by atoms with Crippen molar-refractivity contribution in [3.8, 4) is 22.6 Å².